The van der Waals surface area contributed by atoms with Crippen molar-refractivity contribution in [1.82, 2.24) is 4.90 Å². The molecule has 7 heteroatoms. The molecule has 0 spiro atoms. The van der Waals surface area contributed by atoms with Gasteiger partial charge in [-0.25, -0.2) is 9.18 Å². The van der Waals surface area contributed by atoms with Crippen molar-refractivity contribution < 1.29 is 18.7 Å². The normalized spacial score (nSPS) is 13.7. The van der Waals surface area contributed by atoms with E-state index in [0.717, 1.165) is 34.1 Å². The van der Waals surface area contributed by atoms with Crippen LogP contribution in [0.3, 0.4) is 0 Å². The Labute approximate surface area is 215 Å². The first-order chi connectivity index (χ1) is 16.7. The molecule has 0 aromatic heterocycles. The predicted molar refractivity (Wildman–Crippen MR) is 139 cm³/mol. The Morgan fingerprint density at radius 1 is 1.03 bits per heavy atom. The van der Waals surface area contributed by atoms with E-state index in [9.17, 15) is 9.18 Å². The van der Waals surface area contributed by atoms with Crippen molar-refractivity contribution in [2.24, 2.45) is 0 Å². The standard InChI is InChI=1S/C28H29ClFNO3S/c1-28(2,3)34-27(32)31-16-14-20-10-13-23(29)26(22(20)15-17-31)35-18-19-8-11-21(12-9-19)33-25-7-5-4-6-24(25)30/h4-13H,14-18H2,1-3H3. The van der Waals surface area contributed by atoms with Crippen LogP contribution < -0.4 is 4.74 Å². The maximum Gasteiger partial charge on any atom is 0.410 e. The van der Waals surface area contributed by atoms with E-state index < -0.39 is 11.4 Å². The van der Waals surface area contributed by atoms with Crippen molar-refractivity contribution in [3.8, 4) is 11.5 Å². The summed E-state index contributed by atoms with van der Waals surface area (Å²) in [6, 6.07) is 18.0. The van der Waals surface area contributed by atoms with E-state index in [-0.39, 0.29) is 11.8 Å². The van der Waals surface area contributed by atoms with Gasteiger partial charge in [0, 0.05) is 23.7 Å². The molecule has 0 radical (unpaired) electrons. The number of rotatable bonds is 5. The lowest BCUT2D eigenvalue weighted by atomic mass is 10.0. The summed E-state index contributed by atoms with van der Waals surface area (Å²) in [5.74, 6) is 1.12. The monoisotopic (exact) mass is 513 g/mol. The number of carbonyl (C=O) groups is 1. The van der Waals surface area contributed by atoms with E-state index >= 15 is 0 Å². The van der Waals surface area contributed by atoms with Gasteiger partial charge in [-0.15, -0.1) is 11.8 Å². The van der Waals surface area contributed by atoms with Gasteiger partial charge in [-0.3, -0.25) is 0 Å². The Morgan fingerprint density at radius 2 is 1.74 bits per heavy atom. The second-order valence-corrected chi connectivity index (χ2v) is 10.8. The predicted octanol–water partition coefficient (Wildman–Crippen LogP) is 7.90. The average Bonchev–Trinajstić information content (AvgIpc) is 3.03. The molecule has 0 atom stereocenters. The van der Waals surface area contributed by atoms with Gasteiger partial charge < -0.3 is 14.4 Å². The van der Waals surface area contributed by atoms with Crippen LogP contribution in [-0.4, -0.2) is 29.7 Å². The van der Waals surface area contributed by atoms with Crippen LogP contribution >= 0.6 is 23.4 Å². The molecule has 3 aromatic rings. The lowest BCUT2D eigenvalue weighted by Gasteiger charge is -2.26. The van der Waals surface area contributed by atoms with E-state index in [4.69, 9.17) is 21.1 Å². The molecule has 3 aromatic carbocycles. The topological polar surface area (TPSA) is 38.8 Å². The van der Waals surface area contributed by atoms with Gasteiger partial charge >= 0.3 is 6.09 Å². The number of hydrogen-bond acceptors (Lipinski definition) is 4. The third kappa shape index (κ3) is 6.71. The summed E-state index contributed by atoms with van der Waals surface area (Å²) in [4.78, 5) is 15.4. The van der Waals surface area contributed by atoms with Gasteiger partial charge in [0.25, 0.3) is 0 Å². The lowest BCUT2D eigenvalue weighted by molar-refractivity contribution is 0.0258. The molecule has 35 heavy (non-hydrogen) atoms. The first-order valence-electron chi connectivity index (χ1n) is 11.6. The number of para-hydroxylation sites is 1. The van der Waals surface area contributed by atoms with Crippen LogP contribution in [0.5, 0.6) is 11.5 Å². The zero-order valence-corrected chi connectivity index (χ0v) is 21.7. The first kappa shape index (κ1) is 25.4. The number of halogens is 2. The molecule has 0 saturated heterocycles. The van der Waals surface area contributed by atoms with Crippen molar-refractivity contribution >= 4 is 29.5 Å². The molecule has 1 amide bonds. The third-order valence-electron chi connectivity index (χ3n) is 5.61. The van der Waals surface area contributed by atoms with Crippen LogP contribution in [0.1, 0.15) is 37.5 Å². The average molecular weight is 514 g/mol. The number of nitrogens with zero attached hydrogens (tertiary/aromatic N) is 1. The molecule has 0 fully saturated rings. The van der Waals surface area contributed by atoms with Gasteiger partial charge in [0.1, 0.15) is 11.4 Å². The number of benzene rings is 3. The lowest BCUT2D eigenvalue weighted by Crippen LogP contribution is -2.38. The summed E-state index contributed by atoms with van der Waals surface area (Å²) in [5, 5.41) is 0.721. The zero-order valence-electron chi connectivity index (χ0n) is 20.1. The Hall–Kier alpha value is -2.70. The summed E-state index contributed by atoms with van der Waals surface area (Å²) in [7, 11) is 0. The second kappa shape index (κ2) is 10.9. The minimum Gasteiger partial charge on any atom is -0.454 e. The highest BCUT2D eigenvalue weighted by Crippen LogP contribution is 2.37. The van der Waals surface area contributed by atoms with Crippen molar-refractivity contribution in [3.63, 3.8) is 0 Å². The number of thioether (sulfide) groups is 1. The van der Waals surface area contributed by atoms with Gasteiger partial charge in [0.2, 0.25) is 0 Å². The highest BCUT2D eigenvalue weighted by atomic mass is 35.5. The number of carbonyl (C=O) groups excluding carboxylic acids is 1. The Balaban J connectivity index is 1.42. The number of amides is 1. The minimum atomic E-state index is -0.517. The molecule has 184 valence electrons. The first-order valence-corrected chi connectivity index (χ1v) is 13.0. The van der Waals surface area contributed by atoms with Crippen LogP contribution in [0.25, 0.3) is 0 Å². The smallest absolute Gasteiger partial charge is 0.410 e. The summed E-state index contributed by atoms with van der Waals surface area (Å²) in [5.41, 5.74) is 3.01. The van der Waals surface area contributed by atoms with Crippen LogP contribution in [-0.2, 0) is 23.3 Å². The Kier molecular flexibility index (Phi) is 7.92. The van der Waals surface area contributed by atoms with Crippen molar-refractivity contribution in [2.75, 3.05) is 13.1 Å². The van der Waals surface area contributed by atoms with E-state index in [2.05, 4.69) is 6.07 Å². The van der Waals surface area contributed by atoms with Crippen LogP contribution in [0.2, 0.25) is 5.02 Å². The van der Waals surface area contributed by atoms with Crippen molar-refractivity contribution in [2.45, 2.75) is 49.9 Å². The molecule has 4 rings (SSSR count). The Morgan fingerprint density at radius 3 is 2.46 bits per heavy atom. The number of ether oxygens (including phenoxy) is 2. The van der Waals surface area contributed by atoms with Crippen molar-refractivity contribution in [1.29, 1.82) is 0 Å². The summed E-state index contributed by atoms with van der Waals surface area (Å²) >= 11 is 8.30. The van der Waals surface area contributed by atoms with Gasteiger partial charge in [-0.2, -0.15) is 0 Å². The fourth-order valence-electron chi connectivity index (χ4n) is 3.89. The molecule has 0 aliphatic carbocycles. The highest BCUT2D eigenvalue weighted by Gasteiger charge is 2.25. The fraction of sp³-hybridized carbons (Fsp3) is 0.321. The van der Waals surface area contributed by atoms with Gasteiger partial charge in [0.15, 0.2) is 11.6 Å². The zero-order chi connectivity index (χ0) is 25.0. The molecule has 0 bridgehead atoms. The molecule has 1 heterocycles. The SMILES string of the molecule is CC(C)(C)OC(=O)N1CCc2ccc(Cl)c(SCc3ccc(Oc4ccccc4F)cc3)c2CC1. The maximum atomic E-state index is 13.8. The minimum absolute atomic E-state index is 0.203. The third-order valence-corrected chi connectivity index (χ3v) is 7.27. The molecule has 0 N–H and O–H groups in total. The summed E-state index contributed by atoms with van der Waals surface area (Å²) < 4.78 is 25.1. The number of fused-ring (bicyclic) bond motifs is 1. The van der Waals surface area contributed by atoms with E-state index in [1.165, 1.54) is 17.2 Å². The summed E-state index contributed by atoms with van der Waals surface area (Å²) in [6.45, 7) is 6.86. The van der Waals surface area contributed by atoms with E-state index in [1.807, 2.05) is 51.1 Å². The largest absolute Gasteiger partial charge is 0.454 e. The van der Waals surface area contributed by atoms with Gasteiger partial charge in [-0.1, -0.05) is 41.9 Å². The van der Waals surface area contributed by atoms with Crippen LogP contribution in [0.15, 0.2) is 65.6 Å². The van der Waals surface area contributed by atoms with Gasteiger partial charge in [-0.05, 0) is 80.6 Å². The van der Waals surface area contributed by atoms with Crippen LogP contribution in [0, 0.1) is 5.82 Å². The molecule has 0 unspecified atom stereocenters. The van der Waals surface area contributed by atoms with E-state index in [1.54, 1.807) is 34.9 Å². The molecule has 4 nitrogen and oxygen atoms in total. The maximum absolute atomic E-state index is 13.8. The molecular formula is C28H29ClFNO3S. The molecule has 1 aliphatic rings. The quantitative estimate of drug-likeness (QED) is 0.325. The van der Waals surface area contributed by atoms with Crippen molar-refractivity contribution in [3.05, 3.63) is 88.2 Å². The fourth-order valence-corrected chi connectivity index (χ4v) is 5.35. The molecule has 0 saturated carbocycles. The number of hydrogen-bond donors (Lipinski definition) is 0. The summed E-state index contributed by atoms with van der Waals surface area (Å²) in [6.07, 6.45) is 1.22. The van der Waals surface area contributed by atoms with Gasteiger partial charge in [0.05, 0.1) is 5.02 Å². The Bertz CT molecular complexity index is 1190. The second-order valence-electron chi connectivity index (χ2n) is 9.45. The highest BCUT2D eigenvalue weighted by molar-refractivity contribution is 7.98. The van der Waals surface area contributed by atoms with E-state index in [0.29, 0.717) is 18.8 Å². The molecular weight excluding hydrogens is 485 g/mol. The van der Waals surface area contributed by atoms with Crippen LogP contribution in [0.4, 0.5) is 9.18 Å². The molecule has 1 aliphatic heterocycles.